The Hall–Kier alpha value is -1.85. The molecule has 6 heteroatoms. The van der Waals surface area contributed by atoms with Crippen molar-refractivity contribution in [3.8, 4) is 0 Å². The molecule has 1 aliphatic carbocycles. The summed E-state index contributed by atoms with van der Waals surface area (Å²) >= 11 is 0. The molecule has 19 heavy (non-hydrogen) atoms. The first kappa shape index (κ1) is 12.2. The SMILES string of the molecule is COC(=O)C1CCCc2c(C(=O)O)nc(C3CC3)n21. The second-order valence-electron chi connectivity index (χ2n) is 5.15. The third-order valence-corrected chi connectivity index (χ3v) is 3.86. The molecule has 2 aliphatic rings. The molecule has 0 spiro atoms. The zero-order valence-electron chi connectivity index (χ0n) is 10.8. The molecule has 102 valence electrons. The van der Waals surface area contributed by atoms with Crippen molar-refractivity contribution in [1.82, 2.24) is 9.55 Å². The first-order valence-electron chi connectivity index (χ1n) is 6.55. The van der Waals surface area contributed by atoms with Crippen LogP contribution in [-0.2, 0) is 16.0 Å². The van der Waals surface area contributed by atoms with E-state index in [1.54, 1.807) is 0 Å². The number of rotatable bonds is 3. The minimum atomic E-state index is -1.01. The zero-order valence-corrected chi connectivity index (χ0v) is 10.8. The molecule has 1 aromatic rings. The monoisotopic (exact) mass is 264 g/mol. The predicted molar refractivity (Wildman–Crippen MR) is 65.2 cm³/mol. The van der Waals surface area contributed by atoms with E-state index >= 15 is 0 Å². The molecule has 0 aromatic carbocycles. The number of hydrogen-bond acceptors (Lipinski definition) is 4. The van der Waals surface area contributed by atoms with Crippen LogP contribution in [0.5, 0.6) is 0 Å². The van der Waals surface area contributed by atoms with Gasteiger partial charge in [0.25, 0.3) is 0 Å². The van der Waals surface area contributed by atoms with Gasteiger partial charge in [-0.15, -0.1) is 0 Å². The minimum absolute atomic E-state index is 0.107. The van der Waals surface area contributed by atoms with E-state index in [2.05, 4.69) is 4.98 Å². The van der Waals surface area contributed by atoms with Crippen LogP contribution < -0.4 is 0 Å². The largest absolute Gasteiger partial charge is 0.476 e. The molecular weight excluding hydrogens is 248 g/mol. The average Bonchev–Trinajstić information content (AvgIpc) is 3.17. The van der Waals surface area contributed by atoms with Crippen molar-refractivity contribution in [1.29, 1.82) is 0 Å². The van der Waals surface area contributed by atoms with Crippen molar-refractivity contribution in [3.63, 3.8) is 0 Å². The van der Waals surface area contributed by atoms with E-state index in [1.165, 1.54) is 7.11 Å². The van der Waals surface area contributed by atoms with E-state index in [4.69, 9.17) is 4.74 Å². The number of carbonyl (C=O) groups is 2. The Bertz CT molecular complexity index is 545. The summed E-state index contributed by atoms with van der Waals surface area (Å²) in [4.78, 5) is 27.4. The van der Waals surface area contributed by atoms with E-state index in [1.807, 2.05) is 4.57 Å². The van der Waals surface area contributed by atoms with Crippen LogP contribution in [0.2, 0.25) is 0 Å². The highest BCUT2D eigenvalue weighted by Crippen LogP contribution is 2.43. The second kappa shape index (κ2) is 4.36. The lowest BCUT2D eigenvalue weighted by molar-refractivity contribution is -0.145. The first-order valence-corrected chi connectivity index (χ1v) is 6.55. The average molecular weight is 264 g/mol. The standard InChI is InChI=1S/C13H16N2O4/c1-19-13(18)9-4-2-3-8-10(12(16)17)14-11(15(8)9)7-5-6-7/h7,9H,2-6H2,1H3,(H,16,17). The van der Waals surface area contributed by atoms with E-state index in [9.17, 15) is 14.7 Å². The summed E-state index contributed by atoms with van der Waals surface area (Å²) in [5.41, 5.74) is 0.784. The number of carboxylic acids is 1. The molecule has 1 unspecified atom stereocenters. The van der Waals surface area contributed by atoms with E-state index in [0.29, 0.717) is 24.5 Å². The molecule has 1 atom stereocenters. The molecule has 1 saturated carbocycles. The number of aromatic carboxylic acids is 1. The molecule has 0 radical (unpaired) electrons. The number of aromatic nitrogens is 2. The Morgan fingerprint density at radius 1 is 1.37 bits per heavy atom. The van der Waals surface area contributed by atoms with Crippen molar-refractivity contribution in [2.75, 3.05) is 7.11 Å². The molecule has 1 fully saturated rings. The summed E-state index contributed by atoms with van der Waals surface area (Å²) in [6.45, 7) is 0. The summed E-state index contributed by atoms with van der Waals surface area (Å²) in [5, 5.41) is 9.25. The van der Waals surface area contributed by atoms with Crippen molar-refractivity contribution in [2.24, 2.45) is 0 Å². The van der Waals surface area contributed by atoms with Gasteiger partial charge in [-0.3, -0.25) is 0 Å². The summed E-state index contributed by atoms with van der Waals surface area (Å²) in [6.07, 6.45) is 4.17. The summed E-state index contributed by atoms with van der Waals surface area (Å²) in [6, 6.07) is -0.412. The Morgan fingerprint density at radius 2 is 2.11 bits per heavy atom. The van der Waals surface area contributed by atoms with Crippen molar-refractivity contribution < 1.29 is 19.4 Å². The lowest BCUT2D eigenvalue weighted by Gasteiger charge is -2.25. The van der Waals surface area contributed by atoms with Gasteiger partial charge in [0.15, 0.2) is 5.69 Å². The number of carboxylic acid groups (broad SMARTS) is 1. The van der Waals surface area contributed by atoms with E-state index in [0.717, 1.165) is 25.1 Å². The highest BCUT2D eigenvalue weighted by Gasteiger charge is 2.38. The first-order chi connectivity index (χ1) is 9.13. The van der Waals surface area contributed by atoms with Crippen molar-refractivity contribution >= 4 is 11.9 Å². The van der Waals surface area contributed by atoms with Crippen molar-refractivity contribution in [2.45, 2.75) is 44.1 Å². The third-order valence-electron chi connectivity index (χ3n) is 3.86. The predicted octanol–water partition coefficient (Wildman–Crippen LogP) is 1.51. The molecule has 2 heterocycles. The molecule has 1 aromatic heterocycles. The Labute approximate surface area is 110 Å². The molecule has 0 amide bonds. The number of imidazole rings is 1. The smallest absolute Gasteiger partial charge is 0.356 e. The van der Waals surface area contributed by atoms with Gasteiger partial charge in [0.2, 0.25) is 0 Å². The fourth-order valence-corrected chi connectivity index (χ4v) is 2.82. The number of nitrogens with zero attached hydrogens (tertiary/aromatic N) is 2. The normalized spacial score (nSPS) is 21.8. The summed E-state index contributed by atoms with van der Waals surface area (Å²) in [7, 11) is 1.36. The number of fused-ring (bicyclic) bond motifs is 1. The number of carbonyl (C=O) groups excluding carboxylic acids is 1. The van der Waals surface area contributed by atoms with Gasteiger partial charge < -0.3 is 14.4 Å². The molecule has 1 N–H and O–H groups in total. The number of hydrogen-bond donors (Lipinski definition) is 1. The van der Waals surface area contributed by atoms with Crippen molar-refractivity contribution in [3.05, 3.63) is 17.2 Å². The van der Waals surface area contributed by atoms with Gasteiger partial charge >= 0.3 is 11.9 Å². The van der Waals surface area contributed by atoms with Gasteiger partial charge in [0.05, 0.1) is 12.8 Å². The van der Waals surface area contributed by atoms with Crippen LogP contribution in [0, 0.1) is 0 Å². The molecular formula is C13H16N2O4. The molecule has 3 rings (SSSR count). The van der Waals surface area contributed by atoms with Gasteiger partial charge in [-0.05, 0) is 32.1 Å². The maximum absolute atomic E-state index is 11.9. The highest BCUT2D eigenvalue weighted by atomic mass is 16.5. The third kappa shape index (κ3) is 1.91. The van der Waals surface area contributed by atoms with Gasteiger partial charge in [-0.1, -0.05) is 0 Å². The van der Waals surface area contributed by atoms with Crippen LogP contribution in [0.3, 0.4) is 0 Å². The molecule has 6 nitrogen and oxygen atoms in total. The van der Waals surface area contributed by atoms with Crippen LogP contribution in [0.1, 0.15) is 59.6 Å². The Morgan fingerprint density at radius 3 is 2.68 bits per heavy atom. The topological polar surface area (TPSA) is 81.4 Å². The van der Waals surface area contributed by atoms with Gasteiger partial charge in [-0.25, -0.2) is 14.6 Å². The number of methoxy groups -OCH3 is 1. The lowest BCUT2D eigenvalue weighted by Crippen LogP contribution is -2.28. The van der Waals surface area contributed by atoms with Crippen LogP contribution in [-0.4, -0.2) is 33.7 Å². The van der Waals surface area contributed by atoms with Gasteiger partial charge in [0.1, 0.15) is 11.9 Å². The Kier molecular flexibility index (Phi) is 2.80. The van der Waals surface area contributed by atoms with Crippen LogP contribution >= 0.6 is 0 Å². The zero-order chi connectivity index (χ0) is 13.6. The fourth-order valence-electron chi connectivity index (χ4n) is 2.82. The summed E-state index contributed by atoms with van der Waals surface area (Å²) in [5.74, 6) is -0.266. The van der Waals surface area contributed by atoms with Crippen LogP contribution in [0.4, 0.5) is 0 Å². The fraction of sp³-hybridized carbons (Fsp3) is 0.615. The second-order valence-corrected chi connectivity index (χ2v) is 5.15. The Balaban J connectivity index is 2.12. The quantitative estimate of drug-likeness (QED) is 0.837. The van der Waals surface area contributed by atoms with E-state index < -0.39 is 12.0 Å². The lowest BCUT2D eigenvalue weighted by atomic mass is 10.0. The van der Waals surface area contributed by atoms with Gasteiger partial charge in [0, 0.05) is 5.92 Å². The van der Waals surface area contributed by atoms with Crippen LogP contribution in [0.25, 0.3) is 0 Å². The molecule has 1 aliphatic heterocycles. The molecule has 0 bridgehead atoms. The number of esters is 1. The highest BCUT2D eigenvalue weighted by molar-refractivity contribution is 5.87. The summed E-state index contributed by atoms with van der Waals surface area (Å²) < 4.78 is 6.67. The minimum Gasteiger partial charge on any atom is -0.476 e. The van der Waals surface area contributed by atoms with Gasteiger partial charge in [-0.2, -0.15) is 0 Å². The van der Waals surface area contributed by atoms with E-state index in [-0.39, 0.29) is 11.7 Å². The number of ether oxygens (including phenoxy) is 1. The molecule has 0 saturated heterocycles. The maximum Gasteiger partial charge on any atom is 0.356 e. The maximum atomic E-state index is 11.9. The van der Waals surface area contributed by atoms with Crippen LogP contribution in [0.15, 0.2) is 0 Å².